The molecule has 0 unspecified atom stereocenters. The molecule has 5 rings (SSSR count). The van der Waals surface area contributed by atoms with Gasteiger partial charge in [-0.1, -0.05) is 18.2 Å². The normalized spacial score (nSPS) is 25.5. The van der Waals surface area contributed by atoms with Gasteiger partial charge in [0.2, 0.25) is 0 Å². The van der Waals surface area contributed by atoms with Crippen LogP contribution in [0.25, 0.3) is 11.0 Å². The summed E-state index contributed by atoms with van der Waals surface area (Å²) in [7, 11) is 0. The van der Waals surface area contributed by atoms with Gasteiger partial charge in [-0.05, 0) is 61.4 Å². The molecule has 4 atom stereocenters. The largest absolute Gasteiger partial charge is 0.485 e. The molecule has 0 spiro atoms. The third-order valence-corrected chi connectivity index (χ3v) is 6.41. The van der Waals surface area contributed by atoms with E-state index in [2.05, 4.69) is 9.97 Å². The van der Waals surface area contributed by atoms with Crippen LogP contribution in [0.1, 0.15) is 28.9 Å². The molecule has 1 aliphatic heterocycles. The molecule has 1 aliphatic carbocycles. The van der Waals surface area contributed by atoms with Crippen LogP contribution in [0.5, 0.6) is 5.75 Å². The lowest BCUT2D eigenvalue weighted by molar-refractivity contribution is -0.0246. The Hall–Kier alpha value is -3.06. The Morgan fingerprint density at radius 2 is 1.87 bits per heavy atom. The lowest BCUT2D eigenvalue weighted by Crippen LogP contribution is -2.42. The first kappa shape index (κ1) is 19.9. The van der Waals surface area contributed by atoms with Gasteiger partial charge in [-0.25, -0.2) is 9.37 Å². The molecule has 1 N–H and O–H groups in total. The zero-order chi connectivity index (χ0) is 21.5. The van der Waals surface area contributed by atoms with Gasteiger partial charge < -0.3 is 14.7 Å². The zero-order valence-corrected chi connectivity index (χ0v) is 17.2. The summed E-state index contributed by atoms with van der Waals surface area (Å²) in [6.45, 7) is 2.96. The lowest BCUT2D eigenvalue weighted by atomic mass is 9.78. The standard InChI is InChI=1S/C24H24FN3O3/c1-14-6-7-22(17(25)8-14)31-23-10-16-13-28(12-15(16)9-21(23)29)24(30)20-11-26-18-4-2-3-5-19(18)27-20/h2-8,11,15-16,21,23,29H,9-10,12-13H2,1H3/t15-,16+,21+,23+/m0/s1. The van der Waals surface area contributed by atoms with E-state index < -0.39 is 18.0 Å². The predicted octanol–water partition coefficient (Wildman–Crippen LogP) is 3.37. The summed E-state index contributed by atoms with van der Waals surface area (Å²) in [6, 6.07) is 12.3. The minimum absolute atomic E-state index is 0.149. The monoisotopic (exact) mass is 421 g/mol. The number of halogens is 1. The maximum absolute atomic E-state index is 14.2. The Labute approximate surface area is 179 Å². The molecule has 2 heterocycles. The number of likely N-dealkylation sites (tertiary alicyclic amines) is 1. The minimum atomic E-state index is -0.697. The van der Waals surface area contributed by atoms with Crippen LogP contribution in [0, 0.1) is 24.6 Å². The van der Waals surface area contributed by atoms with Crippen LogP contribution in [0.2, 0.25) is 0 Å². The average Bonchev–Trinajstić information content (AvgIpc) is 3.17. The molecular weight excluding hydrogens is 397 g/mol. The molecular formula is C24H24FN3O3. The van der Waals surface area contributed by atoms with Gasteiger partial charge in [-0.2, -0.15) is 0 Å². The van der Waals surface area contributed by atoms with E-state index in [1.807, 2.05) is 31.2 Å². The second-order valence-electron chi connectivity index (χ2n) is 8.60. The summed E-state index contributed by atoms with van der Waals surface area (Å²) < 4.78 is 20.0. The van der Waals surface area contributed by atoms with Crippen molar-refractivity contribution in [2.45, 2.75) is 32.0 Å². The quantitative estimate of drug-likeness (QED) is 0.702. The molecule has 0 radical (unpaired) electrons. The number of aryl methyl sites for hydroxylation is 1. The van der Waals surface area contributed by atoms with Crippen molar-refractivity contribution < 1.29 is 19.0 Å². The highest BCUT2D eigenvalue weighted by molar-refractivity contribution is 5.94. The van der Waals surface area contributed by atoms with Crippen molar-refractivity contribution in [1.29, 1.82) is 0 Å². The molecule has 2 aliphatic rings. The number of benzene rings is 2. The molecule has 1 aromatic heterocycles. The van der Waals surface area contributed by atoms with Gasteiger partial charge in [0.1, 0.15) is 11.8 Å². The van der Waals surface area contributed by atoms with Gasteiger partial charge in [0.25, 0.3) is 5.91 Å². The first-order chi connectivity index (χ1) is 15.0. The molecule has 7 heteroatoms. The summed E-state index contributed by atoms with van der Waals surface area (Å²) >= 11 is 0. The molecule has 160 valence electrons. The molecule has 6 nitrogen and oxygen atoms in total. The first-order valence-electron chi connectivity index (χ1n) is 10.6. The van der Waals surface area contributed by atoms with Crippen molar-refractivity contribution in [1.82, 2.24) is 14.9 Å². The van der Waals surface area contributed by atoms with Crippen molar-refractivity contribution >= 4 is 16.9 Å². The molecule has 2 fully saturated rings. The molecule has 1 amide bonds. The SMILES string of the molecule is Cc1ccc(O[C@@H]2C[C@@H]3CN(C(=O)c4cnc5ccccc5n4)C[C@@H]3C[C@H]2O)c(F)c1. The van der Waals surface area contributed by atoms with Gasteiger partial charge in [0.05, 0.1) is 23.3 Å². The number of nitrogens with zero attached hydrogens (tertiary/aromatic N) is 3. The number of fused-ring (bicyclic) bond motifs is 2. The van der Waals surface area contributed by atoms with Crippen LogP contribution >= 0.6 is 0 Å². The van der Waals surface area contributed by atoms with Crippen LogP contribution < -0.4 is 4.74 Å². The Balaban J connectivity index is 1.29. The molecule has 1 saturated heterocycles. The van der Waals surface area contributed by atoms with E-state index in [0.29, 0.717) is 37.1 Å². The Morgan fingerprint density at radius 1 is 1.13 bits per heavy atom. The van der Waals surface area contributed by atoms with Gasteiger partial charge >= 0.3 is 0 Å². The fraction of sp³-hybridized carbons (Fsp3) is 0.375. The molecule has 3 aromatic rings. The van der Waals surface area contributed by atoms with E-state index in [-0.39, 0.29) is 23.5 Å². The fourth-order valence-electron chi connectivity index (χ4n) is 4.77. The molecule has 0 bridgehead atoms. The van der Waals surface area contributed by atoms with Crippen molar-refractivity contribution in [3.05, 3.63) is 65.7 Å². The Kier molecular flexibility index (Phi) is 5.06. The van der Waals surface area contributed by atoms with Gasteiger partial charge in [-0.3, -0.25) is 9.78 Å². The maximum Gasteiger partial charge on any atom is 0.274 e. The van der Waals surface area contributed by atoms with Crippen molar-refractivity contribution in [3.8, 4) is 5.75 Å². The van der Waals surface area contributed by atoms with E-state index in [1.54, 1.807) is 17.0 Å². The number of ether oxygens (including phenoxy) is 1. The van der Waals surface area contributed by atoms with Crippen molar-refractivity contribution in [3.63, 3.8) is 0 Å². The van der Waals surface area contributed by atoms with E-state index >= 15 is 0 Å². The Bertz CT molecular complexity index is 1140. The number of aliphatic hydroxyl groups is 1. The molecule has 1 saturated carbocycles. The van der Waals surface area contributed by atoms with E-state index in [4.69, 9.17) is 4.74 Å². The van der Waals surface area contributed by atoms with E-state index in [0.717, 1.165) is 11.1 Å². The summed E-state index contributed by atoms with van der Waals surface area (Å²) in [5.74, 6) is -0.0311. The fourth-order valence-corrected chi connectivity index (χ4v) is 4.77. The maximum atomic E-state index is 14.2. The first-order valence-corrected chi connectivity index (χ1v) is 10.6. The summed E-state index contributed by atoms with van der Waals surface area (Å²) in [6.07, 6.45) is 1.43. The highest BCUT2D eigenvalue weighted by Gasteiger charge is 2.44. The number of carbonyl (C=O) groups excluding carboxylic acids is 1. The zero-order valence-electron chi connectivity index (χ0n) is 17.2. The van der Waals surface area contributed by atoms with Gasteiger partial charge in [0.15, 0.2) is 11.6 Å². The predicted molar refractivity (Wildman–Crippen MR) is 113 cm³/mol. The number of carbonyl (C=O) groups is 1. The number of aromatic nitrogens is 2. The topological polar surface area (TPSA) is 75.5 Å². The van der Waals surface area contributed by atoms with Crippen LogP contribution in [0.15, 0.2) is 48.7 Å². The average molecular weight is 421 g/mol. The number of hydrogen-bond acceptors (Lipinski definition) is 5. The highest BCUT2D eigenvalue weighted by atomic mass is 19.1. The van der Waals surface area contributed by atoms with Crippen molar-refractivity contribution in [2.75, 3.05) is 13.1 Å². The summed E-state index contributed by atoms with van der Waals surface area (Å²) in [4.78, 5) is 23.6. The van der Waals surface area contributed by atoms with Gasteiger partial charge in [-0.15, -0.1) is 0 Å². The second kappa shape index (κ2) is 7.89. The third kappa shape index (κ3) is 3.85. The highest BCUT2D eigenvalue weighted by Crippen LogP contribution is 2.38. The number of amides is 1. The van der Waals surface area contributed by atoms with Crippen molar-refractivity contribution in [2.24, 2.45) is 11.8 Å². The molecule has 31 heavy (non-hydrogen) atoms. The number of rotatable bonds is 3. The minimum Gasteiger partial charge on any atom is -0.485 e. The summed E-state index contributed by atoms with van der Waals surface area (Å²) in [5.41, 5.74) is 2.58. The van der Waals surface area contributed by atoms with E-state index in [1.165, 1.54) is 12.3 Å². The Morgan fingerprint density at radius 3 is 2.65 bits per heavy atom. The van der Waals surface area contributed by atoms with Crippen LogP contribution in [0.4, 0.5) is 4.39 Å². The van der Waals surface area contributed by atoms with Gasteiger partial charge in [0, 0.05) is 13.1 Å². The smallest absolute Gasteiger partial charge is 0.274 e. The van der Waals surface area contributed by atoms with E-state index in [9.17, 15) is 14.3 Å². The third-order valence-electron chi connectivity index (χ3n) is 6.41. The number of aliphatic hydroxyl groups excluding tert-OH is 1. The molecule has 2 aromatic carbocycles. The number of para-hydroxylation sites is 2. The second-order valence-corrected chi connectivity index (χ2v) is 8.60. The lowest BCUT2D eigenvalue weighted by Gasteiger charge is -2.35. The van der Waals surface area contributed by atoms with Crippen LogP contribution in [-0.4, -0.2) is 51.2 Å². The van der Waals surface area contributed by atoms with Crippen LogP contribution in [0.3, 0.4) is 0 Å². The summed E-state index contributed by atoms with van der Waals surface area (Å²) in [5, 5.41) is 10.6. The number of hydrogen-bond donors (Lipinski definition) is 1. The van der Waals surface area contributed by atoms with Crippen LogP contribution in [-0.2, 0) is 0 Å².